The molecule has 2 aromatic carbocycles. The fourth-order valence-electron chi connectivity index (χ4n) is 2.94. The highest BCUT2D eigenvalue weighted by Gasteiger charge is 2.30. The number of anilines is 3. The van der Waals surface area contributed by atoms with Crippen molar-refractivity contribution in [3.63, 3.8) is 0 Å². The van der Waals surface area contributed by atoms with Crippen molar-refractivity contribution < 1.29 is 19.2 Å². The highest BCUT2D eigenvalue weighted by Crippen LogP contribution is 2.26. The second-order valence-corrected chi connectivity index (χ2v) is 6.29. The zero-order valence-corrected chi connectivity index (χ0v) is 15.0. The van der Waals surface area contributed by atoms with Crippen LogP contribution in [0.2, 0.25) is 0 Å². The lowest BCUT2D eigenvalue weighted by atomic mass is 10.1. The molecule has 1 saturated heterocycles. The molecule has 3 rings (SSSR count). The molecular weight excluding hydrogens is 346 g/mol. The van der Waals surface area contributed by atoms with Gasteiger partial charge in [-0.05, 0) is 42.8 Å². The van der Waals surface area contributed by atoms with Gasteiger partial charge >= 0.3 is 0 Å². The largest absolute Gasteiger partial charge is 0.326 e. The number of benzene rings is 2. The molecule has 0 spiro atoms. The van der Waals surface area contributed by atoms with Gasteiger partial charge in [-0.2, -0.15) is 0 Å². The van der Waals surface area contributed by atoms with Gasteiger partial charge < -0.3 is 10.6 Å². The van der Waals surface area contributed by atoms with E-state index in [0.29, 0.717) is 22.6 Å². The van der Waals surface area contributed by atoms with E-state index in [2.05, 4.69) is 10.6 Å². The van der Waals surface area contributed by atoms with E-state index in [0.717, 1.165) is 10.5 Å². The number of amides is 4. The fourth-order valence-corrected chi connectivity index (χ4v) is 2.94. The number of hydrogen-bond donors (Lipinski definition) is 2. The molecule has 0 unspecified atom stereocenters. The Kier molecular flexibility index (Phi) is 5.03. The lowest BCUT2D eigenvalue weighted by molar-refractivity contribution is -0.121. The monoisotopic (exact) mass is 365 g/mol. The third-order valence-corrected chi connectivity index (χ3v) is 4.31. The number of carbonyl (C=O) groups is 4. The van der Waals surface area contributed by atoms with Crippen LogP contribution in [0.3, 0.4) is 0 Å². The molecule has 138 valence electrons. The molecule has 2 aromatic rings. The molecule has 7 heteroatoms. The molecule has 1 heterocycles. The Labute approximate surface area is 156 Å². The van der Waals surface area contributed by atoms with E-state index in [1.165, 1.54) is 13.0 Å². The molecule has 0 aliphatic carbocycles. The van der Waals surface area contributed by atoms with Crippen LogP contribution in [0.15, 0.2) is 42.5 Å². The van der Waals surface area contributed by atoms with Gasteiger partial charge in [-0.1, -0.05) is 12.1 Å². The van der Waals surface area contributed by atoms with Gasteiger partial charge in [0.2, 0.25) is 17.7 Å². The van der Waals surface area contributed by atoms with Crippen LogP contribution in [-0.4, -0.2) is 23.6 Å². The number of imide groups is 1. The molecule has 2 N–H and O–H groups in total. The van der Waals surface area contributed by atoms with Crippen LogP contribution in [-0.2, 0) is 14.4 Å². The van der Waals surface area contributed by atoms with Crippen LogP contribution < -0.4 is 15.5 Å². The maximum Gasteiger partial charge on any atom is 0.255 e. The van der Waals surface area contributed by atoms with Crippen molar-refractivity contribution in [1.82, 2.24) is 0 Å². The van der Waals surface area contributed by atoms with Crippen molar-refractivity contribution in [3.8, 4) is 0 Å². The predicted octanol–water partition coefficient (Wildman–Crippen LogP) is 2.86. The second kappa shape index (κ2) is 7.41. The normalized spacial score (nSPS) is 13.6. The van der Waals surface area contributed by atoms with Crippen LogP contribution in [0.1, 0.15) is 35.7 Å². The van der Waals surface area contributed by atoms with Crippen LogP contribution in [0.4, 0.5) is 17.1 Å². The van der Waals surface area contributed by atoms with Gasteiger partial charge in [0.05, 0.1) is 5.69 Å². The Bertz CT molecular complexity index is 936. The molecule has 0 radical (unpaired) electrons. The van der Waals surface area contributed by atoms with E-state index in [4.69, 9.17) is 0 Å². The van der Waals surface area contributed by atoms with Gasteiger partial charge in [0, 0.05) is 36.7 Å². The standard InChI is InChI=1S/C20H19N3O4/c1-12-16(21-13(2)24)7-4-8-17(12)22-20(27)14-5-3-6-15(11-14)23-18(25)9-10-19(23)26/h3-8,11H,9-10H2,1-2H3,(H,21,24)(H,22,27). The van der Waals surface area contributed by atoms with E-state index in [9.17, 15) is 19.2 Å². The van der Waals surface area contributed by atoms with Crippen molar-refractivity contribution in [2.24, 2.45) is 0 Å². The van der Waals surface area contributed by atoms with Gasteiger partial charge in [0.1, 0.15) is 0 Å². The molecule has 7 nitrogen and oxygen atoms in total. The lowest BCUT2D eigenvalue weighted by Crippen LogP contribution is -2.28. The number of nitrogens with one attached hydrogen (secondary N) is 2. The summed E-state index contributed by atoms with van der Waals surface area (Å²) in [6.45, 7) is 3.20. The van der Waals surface area contributed by atoms with E-state index in [1.54, 1.807) is 43.3 Å². The minimum Gasteiger partial charge on any atom is -0.326 e. The first-order valence-electron chi connectivity index (χ1n) is 8.51. The Morgan fingerprint density at radius 3 is 2.15 bits per heavy atom. The third kappa shape index (κ3) is 3.87. The summed E-state index contributed by atoms with van der Waals surface area (Å²) in [5, 5.41) is 5.51. The summed E-state index contributed by atoms with van der Waals surface area (Å²) in [4.78, 5) is 48.8. The van der Waals surface area contributed by atoms with E-state index in [1.807, 2.05) is 0 Å². The van der Waals surface area contributed by atoms with Crippen LogP contribution >= 0.6 is 0 Å². The summed E-state index contributed by atoms with van der Waals surface area (Å²) in [5.41, 5.74) is 2.61. The van der Waals surface area contributed by atoms with Gasteiger partial charge in [-0.15, -0.1) is 0 Å². The fraction of sp³-hybridized carbons (Fsp3) is 0.200. The number of carbonyl (C=O) groups excluding carboxylic acids is 4. The SMILES string of the molecule is CC(=O)Nc1cccc(NC(=O)c2cccc(N3C(=O)CCC3=O)c2)c1C. The highest BCUT2D eigenvalue weighted by molar-refractivity contribution is 6.20. The third-order valence-electron chi connectivity index (χ3n) is 4.31. The minimum absolute atomic E-state index is 0.185. The first-order chi connectivity index (χ1) is 12.9. The zero-order chi connectivity index (χ0) is 19.6. The van der Waals surface area contributed by atoms with E-state index >= 15 is 0 Å². The summed E-state index contributed by atoms with van der Waals surface area (Å²) in [6.07, 6.45) is 0.370. The summed E-state index contributed by atoms with van der Waals surface area (Å²) in [5.74, 6) is -1.11. The summed E-state index contributed by atoms with van der Waals surface area (Å²) in [6, 6.07) is 11.6. The lowest BCUT2D eigenvalue weighted by Gasteiger charge is -2.16. The molecule has 0 atom stereocenters. The first kappa shape index (κ1) is 18.3. The van der Waals surface area contributed by atoms with Crippen LogP contribution in [0, 0.1) is 6.92 Å². The van der Waals surface area contributed by atoms with Crippen molar-refractivity contribution in [3.05, 3.63) is 53.6 Å². The molecule has 0 saturated carbocycles. The Morgan fingerprint density at radius 2 is 1.52 bits per heavy atom. The molecule has 1 aliphatic rings. The molecule has 1 fully saturated rings. The average molecular weight is 365 g/mol. The zero-order valence-electron chi connectivity index (χ0n) is 15.0. The first-order valence-corrected chi connectivity index (χ1v) is 8.51. The topological polar surface area (TPSA) is 95.6 Å². The minimum atomic E-state index is -0.376. The van der Waals surface area contributed by atoms with Crippen molar-refractivity contribution in [2.45, 2.75) is 26.7 Å². The predicted molar refractivity (Wildman–Crippen MR) is 102 cm³/mol. The highest BCUT2D eigenvalue weighted by atomic mass is 16.2. The van der Waals surface area contributed by atoms with Gasteiger partial charge in [0.25, 0.3) is 5.91 Å². The maximum atomic E-state index is 12.6. The summed E-state index contributed by atoms with van der Waals surface area (Å²) < 4.78 is 0. The van der Waals surface area contributed by atoms with Crippen molar-refractivity contribution >= 4 is 40.7 Å². The van der Waals surface area contributed by atoms with Crippen molar-refractivity contribution in [2.75, 3.05) is 15.5 Å². The Hall–Kier alpha value is -3.48. The number of rotatable bonds is 4. The number of hydrogen-bond acceptors (Lipinski definition) is 4. The molecule has 0 aromatic heterocycles. The summed E-state index contributed by atoms with van der Waals surface area (Å²) in [7, 11) is 0. The van der Waals surface area contributed by atoms with Gasteiger partial charge in [0.15, 0.2) is 0 Å². The molecular formula is C20H19N3O4. The summed E-state index contributed by atoms with van der Waals surface area (Å²) >= 11 is 0. The van der Waals surface area contributed by atoms with Gasteiger partial charge in [-0.3, -0.25) is 24.1 Å². The molecule has 1 aliphatic heterocycles. The maximum absolute atomic E-state index is 12.6. The van der Waals surface area contributed by atoms with E-state index in [-0.39, 0.29) is 36.5 Å². The average Bonchev–Trinajstić information content (AvgIpc) is 2.96. The smallest absolute Gasteiger partial charge is 0.255 e. The van der Waals surface area contributed by atoms with Crippen molar-refractivity contribution in [1.29, 1.82) is 0 Å². The molecule has 27 heavy (non-hydrogen) atoms. The quantitative estimate of drug-likeness (QED) is 0.815. The number of nitrogens with zero attached hydrogens (tertiary/aromatic N) is 1. The molecule has 0 bridgehead atoms. The second-order valence-electron chi connectivity index (χ2n) is 6.29. The Balaban J connectivity index is 1.83. The Morgan fingerprint density at radius 1 is 0.926 bits per heavy atom. The van der Waals surface area contributed by atoms with Gasteiger partial charge in [-0.25, -0.2) is 0 Å². The van der Waals surface area contributed by atoms with Crippen LogP contribution in [0.25, 0.3) is 0 Å². The van der Waals surface area contributed by atoms with E-state index < -0.39 is 0 Å². The van der Waals surface area contributed by atoms with Crippen LogP contribution in [0.5, 0.6) is 0 Å². The molecule has 4 amide bonds.